The molecule has 0 saturated heterocycles. The molecular formula is C39H37N5. The minimum absolute atomic E-state index is 0.0290. The average Bonchev–Trinajstić information content (AvgIpc) is 3.04. The first-order chi connectivity index (χ1) is 21.0. The molecule has 0 aliphatic heterocycles. The predicted octanol–water partition coefficient (Wildman–Crippen LogP) is 9.59. The van der Waals surface area contributed by atoms with E-state index < -0.39 is 0 Å². The fraction of sp³-hybridized carbons (Fsp3) is 0.205. The number of nitrogens with zero attached hydrogens (tertiary/aromatic N) is 5. The predicted molar refractivity (Wildman–Crippen MR) is 180 cm³/mol. The molecule has 5 nitrogen and oxygen atoms in total. The number of benzene rings is 4. The highest BCUT2D eigenvalue weighted by molar-refractivity contribution is 5.74. The Bertz CT molecular complexity index is 1890. The van der Waals surface area contributed by atoms with E-state index >= 15 is 0 Å². The summed E-state index contributed by atoms with van der Waals surface area (Å²) in [7, 11) is 0. The van der Waals surface area contributed by atoms with Crippen LogP contribution in [0.15, 0.2) is 116 Å². The molecule has 218 valence electrons. The van der Waals surface area contributed by atoms with Crippen LogP contribution in [0.3, 0.4) is 0 Å². The molecule has 2 aromatic heterocycles. The van der Waals surface area contributed by atoms with Crippen LogP contribution in [-0.2, 0) is 10.8 Å². The van der Waals surface area contributed by atoms with Crippen LogP contribution in [0, 0.1) is 0 Å². The van der Waals surface area contributed by atoms with Crippen LogP contribution in [0.25, 0.3) is 56.5 Å². The van der Waals surface area contributed by atoms with Crippen molar-refractivity contribution in [1.82, 2.24) is 24.9 Å². The number of hydrogen-bond donors (Lipinski definition) is 0. The molecule has 0 radical (unpaired) electrons. The minimum Gasteiger partial charge on any atom is -0.261 e. The highest BCUT2D eigenvalue weighted by atomic mass is 15.0. The lowest BCUT2D eigenvalue weighted by Gasteiger charge is -2.26. The van der Waals surface area contributed by atoms with E-state index in [9.17, 15) is 0 Å². The molecule has 0 aliphatic rings. The number of hydrogen-bond acceptors (Lipinski definition) is 5. The fourth-order valence-electron chi connectivity index (χ4n) is 5.11. The summed E-state index contributed by atoms with van der Waals surface area (Å²) < 4.78 is 0. The highest BCUT2D eigenvalue weighted by Gasteiger charge is 2.21. The topological polar surface area (TPSA) is 64.5 Å². The molecule has 44 heavy (non-hydrogen) atoms. The van der Waals surface area contributed by atoms with Crippen LogP contribution < -0.4 is 0 Å². The zero-order chi connectivity index (χ0) is 30.9. The number of aromatic nitrogens is 5. The largest absolute Gasteiger partial charge is 0.261 e. The monoisotopic (exact) mass is 575 g/mol. The first-order valence-electron chi connectivity index (χ1n) is 15.0. The van der Waals surface area contributed by atoms with E-state index in [0.29, 0.717) is 17.5 Å². The fourth-order valence-corrected chi connectivity index (χ4v) is 5.11. The summed E-state index contributed by atoms with van der Waals surface area (Å²) in [4.78, 5) is 23.7. The normalized spacial score (nSPS) is 11.9. The molecule has 0 fully saturated rings. The first kappa shape index (κ1) is 29.1. The lowest BCUT2D eigenvalue weighted by atomic mass is 9.79. The van der Waals surface area contributed by atoms with Crippen molar-refractivity contribution in [2.45, 2.75) is 52.4 Å². The third-order valence-electron chi connectivity index (χ3n) is 7.77. The van der Waals surface area contributed by atoms with Gasteiger partial charge in [0.1, 0.15) is 0 Å². The Balaban J connectivity index is 1.49. The van der Waals surface area contributed by atoms with Gasteiger partial charge in [0.15, 0.2) is 17.5 Å². The smallest absolute Gasteiger partial charge is 0.164 e. The van der Waals surface area contributed by atoms with Gasteiger partial charge in [-0.15, -0.1) is 0 Å². The van der Waals surface area contributed by atoms with E-state index in [-0.39, 0.29) is 10.8 Å². The van der Waals surface area contributed by atoms with Crippen molar-refractivity contribution in [1.29, 1.82) is 0 Å². The molecule has 0 atom stereocenters. The van der Waals surface area contributed by atoms with E-state index in [4.69, 9.17) is 15.0 Å². The summed E-state index contributed by atoms with van der Waals surface area (Å²) in [5, 5.41) is 0. The minimum atomic E-state index is 0.0290. The van der Waals surface area contributed by atoms with Crippen LogP contribution in [0.1, 0.15) is 52.7 Å². The van der Waals surface area contributed by atoms with Crippen molar-refractivity contribution in [2.24, 2.45) is 0 Å². The molecule has 0 spiro atoms. The average molecular weight is 576 g/mol. The lowest BCUT2D eigenvalue weighted by Crippen LogP contribution is -2.16. The van der Waals surface area contributed by atoms with E-state index in [1.807, 2.05) is 48.5 Å². The Morgan fingerprint density at radius 3 is 1.48 bits per heavy atom. The molecule has 0 bridgehead atoms. The highest BCUT2D eigenvalue weighted by Crippen LogP contribution is 2.35. The zero-order valence-electron chi connectivity index (χ0n) is 26.2. The second-order valence-corrected chi connectivity index (χ2v) is 13.2. The molecule has 6 aromatic rings. The molecule has 6 rings (SSSR count). The van der Waals surface area contributed by atoms with Crippen molar-refractivity contribution in [3.63, 3.8) is 0 Å². The van der Waals surface area contributed by atoms with Gasteiger partial charge in [0, 0.05) is 34.6 Å². The molecular weight excluding hydrogens is 538 g/mol. The second kappa shape index (κ2) is 11.6. The summed E-state index contributed by atoms with van der Waals surface area (Å²) in [5.74, 6) is 1.86. The third-order valence-corrected chi connectivity index (χ3v) is 7.77. The van der Waals surface area contributed by atoms with Crippen molar-refractivity contribution in [3.05, 3.63) is 127 Å². The summed E-state index contributed by atoms with van der Waals surface area (Å²) in [6.07, 6.45) is 5.14. The summed E-state index contributed by atoms with van der Waals surface area (Å²) in [5.41, 5.74) is 9.54. The van der Waals surface area contributed by atoms with Crippen molar-refractivity contribution in [3.8, 4) is 56.5 Å². The Morgan fingerprint density at radius 2 is 0.932 bits per heavy atom. The van der Waals surface area contributed by atoms with Crippen molar-refractivity contribution >= 4 is 0 Å². The van der Waals surface area contributed by atoms with Gasteiger partial charge in [-0.25, -0.2) is 15.0 Å². The molecule has 0 N–H and O–H groups in total. The van der Waals surface area contributed by atoms with E-state index in [1.165, 1.54) is 16.7 Å². The van der Waals surface area contributed by atoms with Gasteiger partial charge in [0.25, 0.3) is 0 Å². The van der Waals surface area contributed by atoms with Crippen LogP contribution >= 0.6 is 0 Å². The molecule has 5 heteroatoms. The Kier molecular flexibility index (Phi) is 7.64. The summed E-state index contributed by atoms with van der Waals surface area (Å²) >= 11 is 0. The molecule has 4 aromatic carbocycles. The van der Waals surface area contributed by atoms with Gasteiger partial charge in [-0.3, -0.25) is 9.97 Å². The Hall–Kier alpha value is -5.03. The first-order valence-corrected chi connectivity index (χ1v) is 15.0. The lowest BCUT2D eigenvalue weighted by molar-refractivity contribution is 0.569. The molecule has 0 saturated carbocycles. The van der Waals surface area contributed by atoms with E-state index in [2.05, 4.69) is 100 Å². The van der Waals surface area contributed by atoms with Gasteiger partial charge in [0.2, 0.25) is 0 Å². The SMILES string of the molecule is CC(C)(C)c1cc(-c2cccc(-c3nc(-c4ccccc4)nc(-c4cccc(-c5cnccn5)c4)n3)c2)cc(C(C)(C)C)c1. The van der Waals surface area contributed by atoms with Gasteiger partial charge in [-0.05, 0) is 45.2 Å². The molecule has 2 heterocycles. The molecule has 0 amide bonds. The molecule has 0 aliphatic carbocycles. The Labute approximate surface area is 260 Å². The number of rotatable bonds is 5. The Morgan fingerprint density at radius 1 is 0.432 bits per heavy atom. The van der Waals surface area contributed by atoms with Gasteiger partial charge in [0.05, 0.1) is 11.9 Å². The van der Waals surface area contributed by atoms with Crippen LogP contribution in [0.5, 0.6) is 0 Å². The second-order valence-electron chi connectivity index (χ2n) is 13.2. The van der Waals surface area contributed by atoms with Crippen LogP contribution in [-0.4, -0.2) is 24.9 Å². The van der Waals surface area contributed by atoms with Gasteiger partial charge in [-0.2, -0.15) is 0 Å². The summed E-state index contributed by atoms with van der Waals surface area (Å²) in [6.45, 7) is 13.6. The maximum atomic E-state index is 5.02. The zero-order valence-corrected chi connectivity index (χ0v) is 26.2. The van der Waals surface area contributed by atoms with Crippen LogP contribution in [0.4, 0.5) is 0 Å². The summed E-state index contributed by atoms with van der Waals surface area (Å²) in [6, 6.07) is 33.7. The van der Waals surface area contributed by atoms with Gasteiger partial charge >= 0.3 is 0 Å². The maximum absolute atomic E-state index is 5.02. The van der Waals surface area contributed by atoms with Crippen LogP contribution in [0.2, 0.25) is 0 Å². The van der Waals surface area contributed by atoms with Crippen molar-refractivity contribution in [2.75, 3.05) is 0 Å². The quantitative estimate of drug-likeness (QED) is 0.205. The van der Waals surface area contributed by atoms with E-state index in [0.717, 1.165) is 33.5 Å². The van der Waals surface area contributed by atoms with Gasteiger partial charge < -0.3 is 0 Å². The maximum Gasteiger partial charge on any atom is 0.164 e. The third kappa shape index (κ3) is 6.32. The standard InChI is InChI=1S/C39H37N5/c1-38(2,3)32-22-31(23-33(24-32)39(4,5)6)27-14-10-16-29(20-27)36-42-35(26-12-8-7-9-13-26)43-37(44-36)30-17-11-15-28(21-30)34-25-40-18-19-41-34/h7-25H,1-6H3. The van der Waals surface area contributed by atoms with E-state index in [1.54, 1.807) is 18.6 Å². The molecule has 0 unspecified atom stereocenters. The van der Waals surface area contributed by atoms with Crippen molar-refractivity contribution < 1.29 is 0 Å². The van der Waals surface area contributed by atoms with Gasteiger partial charge in [-0.1, -0.05) is 126 Å².